The molecule has 2 aliphatic heterocycles. The number of likely N-dealkylation sites (N-methyl/N-ethyl adjacent to an activating group) is 1. The van der Waals surface area contributed by atoms with Gasteiger partial charge in [-0.15, -0.1) is 0 Å². The van der Waals surface area contributed by atoms with Crippen molar-refractivity contribution in [2.45, 2.75) is 70.7 Å². The topological polar surface area (TPSA) is 51.3 Å². The van der Waals surface area contributed by atoms with Crippen molar-refractivity contribution in [3.63, 3.8) is 0 Å². The van der Waals surface area contributed by atoms with Crippen molar-refractivity contribution in [2.75, 3.05) is 27.2 Å². The Morgan fingerprint density at radius 2 is 1.59 bits per heavy atom. The van der Waals surface area contributed by atoms with E-state index in [0.717, 1.165) is 44.4 Å². The van der Waals surface area contributed by atoms with Crippen LogP contribution in [0, 0.1) is 5.92 Å². The summed E-state index contributed by atoms with van der Waals surface area (Å²) in [6.07, 6.45) is 7.22. The average molecular weight is 620 g/mol. The highest BCUT2D eigenvalue weighted by Gasteiger charge is 2.61. The molecule has 46 heavy (non-hydrogen) atoms. The van der Waals surface area contributed by atoms with Crippen LogP contribution in [-0.2, 0) is 14.3 Å². The molecule has 0 N–H and O–H groups in total. The maximum Gasteiger partial charge on any atom is 0.334 e. The number of esters is 1. The predicted octanol–water partition coefficient (Wildman–Crippen LogP) is 8.76. The molecule has 5 nitrogen and oxygen atoms in total. The number of epoxide rings is 1. The Bertz CT molecular complexity index is 1540. The molecular formula is C41H49NO4. The lowest BCUT2D eigenvalue weighted by Gasteiger charge is -2.19. The van der Waals surface area contributed by atoms with Gasteiger partial charge in [0.05, 0.1) is 5.60 Å². The molecule has 0 unspecified atom stereocenters. The van der Waals surface area contributed by atoms with Gasteiger partial charge >= 0.3 is 5.97 Å². The third kappa shape index (κ3) is 8.07. The summed E-state index contributed by atoms with van der Waals surface area (Å²) in [5, 5.41) is 0. The number of allylic oxidation sites excluding steroid dienone is 3. The first-order chi connectivity index (χ1) is 22.2. The summed E-state index contributed by atoms with van der Waals surface area (Å²) in [7, 11) is 4.11. The highest BCUT2D eigenvalue weighted by molar-refractivity contribution is 5.98. The zero-order valence-corrected chi connectivity index (χ0v) is 28.1. The van der Waals surface area contributed by atoms with Crippen LogP contribution in [0.2, 0.25) is 0 Å². The molecule has 6 rings (SSSR count). The SMILES string of the molecule is C=C1C(=O)O[C@H]2[C@H]1CC/C(C)=C/CC[C@@]1(C)O[C@@H]21.CC/C(=C(\c1ccccc1)c1ccc(OCCN(C)C)cc1)c1ccccc1. The van der Waals surface area contributed by atoms with E-state index in [0.29, 0.717) is 12.2 Å². The molecule has 0 amide bonds. The van der Waals surface area contributed by atoms with Crippen LogP contribution < -0.4 is 4.74 Å². The van der Waals surface area contributed by atoms with Crippen molar-refractivity contribution in [1.82, 2.24) is 4.90 Å². The van der Waals surface area contributed by atoms with E-state index in [-0.39, 0.29) is 29.7 Å². The minimum Gasteiger partial charge on any atom is -0.492 e. The normalized spacial score (nSPS) is 25.5. The second-order valence-electron chi connectivity index (χ2n) is 13.1. The van der Waals surface area contributed by atoms with E-state index in [9.17, 15) is 4.79 Å². The van der Waals surface area contributed by atoms with Crippen LogP contribution >= 0.6 is 0 Å². The molecule has 3 aromatic rings. The molecule has 5 heteroatoms. The lowest BCUT2D eigenvalue weighted by Crippen LogP contribution is -2.28. The van der Waals surface area contributed by atoms with Crippen molar-refractivity contribution in [3.05, 3.63) is 125 Å². The van der Waals surface area contributed by atoms with Crippen LogP contribution in [0.1, 0.15) is 69.6 Å². The van der Waals surface area contributed by atoms with E-state index < -0.39 is 0 Å². The van der Waals surface area contributed by atoms with Crippen LogP contribution in [-0.4, -0.2) is 55.9 Å². The monoisotopic (exact) mass is 619 g/mol. The van der Waals surface area contributed by atoms with Gasteiger partial charge in [0.25, 0.3) is 0 Å². The van der Waals surface area contributed by atoms with Gasteiger partial charge < -0.3 is 19.1 Å². The number of carbonyl (C=O) groups is 1. The van der Waals surface area contributed by atoms with Gasteiger partial charge in [0.15, 0.2) is 0 Å². The molecular weight excluding hydrogens is 570 g/mol. The maximum atomic E-state index is 11.7. The molecule has 3 aliphatic rings. The average Bonchev–Trinajstić information content (AvgIpc) is 3.65. The number of hydrogen-bond acceptors (Lipinski definition) is 5. The Morgan fingerprint density at radius 3 is 2.22 bits per heavy atom. The molecule has 2 heterocycles. The van der Waals surface area contributed by atoms with Crippen LogP contribution in [0.5, 0.6) is 5.75 Å². The highest BCUT2D eigenvalue weighted by Crippen LogP contribution is 2.49. The van der Waals surface area contributed by atoms with E-state index in [2.05, 4.69) is 137 Å². The van der Waals surface area contributed by atoms with Gasteiger partial charge in [-0.1, -0.05) is 97.9 Å². The Morgan fingerprint density at radius 1 is 0.957 bits per heavy atom. The van der Waals surface area contributed by atoms with Crippen molar-refractivity contribution >= 4 is 17.1 Å². The fourth-order valence-corrected chi connectivity index (χ4v) is 6.55. The predicted molar refractivity (Wildman–Crippen MR) is 188 cm³/mol. The first-order valence-corrected chi connectivity index (χ1v) is 16.7. The third-order valence-corrected chi connectivity index (χ3v) is 9.36. The summed E-state index contributed by atoms with van der Waals surface area (Å²) in [5.74, 6) is 0.810. The summed E-state index contributed by atoms with van der Waals surface area (Å²) in [6.45, 7) is 12.0. The molecule has 0 saturated carbocycles. The van der Waals surface area contributed by atoms with E-state index in [4.69, 9.17) is 14.2 Å². The Kier molecular flexibility index (Phi) is 11.0. The minimum atomic E-state index is -0.233. The molecule has 0 bridgehead atoms. The van der Waals surface area contributed by atoms with Crippen molar-refractivity contribution < 1.29 is 19.0 Å². The van der Waals surface area contributed by atoms with E-state index in [1.54, 1.807) is 0 Å². The molecule has 2 fully saturated rings. The lowest BCUT2D eigenvalue weighted by molar-refractivity contribution is -0.140. The van der Waals surface area contributed by atoms with Gasteiger partial charge in [-0.2, -0.15) is 0 Å². The van der Waals surface area contributed by atoms with Crippen molar-refractivity contribution in [3.8, 4) is 5.75 Å². The van der Waals surface area contributed by atoms with Crippen LogP contribution in [0.25, 0.3) is 11.1 Å². The highest BCUT2D eigenvalue weighted by atomic mass is 16.6. The lowest BCUT2D eigenvalue weighted by atomic mass is 9.84. The van der Waals surface area contributed by atoms with Gasteiger partial charge in [-0.25, -0.2) is 4.79 Å². The molecule has 242 valence electrons. The van der Waals surface area contributed by atoms with Gasteiger partial charge in [0.1, 0.15) is 24.6 Å². The zero-order chi connectivity index (χ0) is 32.7. The second-order valence-corrected chi connectivity index (χ2v) is 13.1. The second kappa shape index (κ2) is 15.1. The van der Waals surface area contributed by atoms with Crippen LogP contribution in [0.3, 0.4) is 0 Å². The largest absolute Gasteiger partial charge is 0.492 e. The molecule has 2 saturated heterocycles. The van der Waals surface area contributed by atoms with E-state index >= 15 is 0 Å². The fraction of sp³-hybridized carbons (Fsp3) is 0.390. The molecule has 0 radical (unpaired) electrons. The number of hydrogen-bond donors (Lipinski definition) is 0. The Balaban J connectivity index is 0.000000198. The van der Waals surface area contributed by atoms with Crippen molar-refractivity contribution in [2.24, 2.45) is 5.92 Å². The summed E-state index contributed by atoms with van der Waals surface area (Å²) in [5.41, 5.74) is 8.28. The Labute approximate surface area is 275 Å². The molecule has 3 aromatic carbocycles. The first-order valence-electron chi connectivity index (χ1n) is 16.7. The van der Waals surface area contributed by atoms with Gasteiger partial charge in [0.2, 0.25) is 0 Å². The van der Waals surface area contributed by atoms with Gasteiger partial charge in [-0.3, -0.25) is 0 Å². The molecule has 4 atom stereocenters. The number of fused-ring (bicyclic) bond motifs is 3. The van der Waals surface area contributed by atoms with E-state index in [1.807, 2.05) is 0 Å². The number of ether oxygens (including phenoxy) is 3. The molecule has 1 aliphatic carbocycles. The van der Waals surface area contributed by atoms with Gasteiger partial charge in [0, 0.05) is 18.0 Å². The number of benzene rings is 3. The Hall–Kier alpha value is -3.93. The summed E-state index contributed by atoms with van der Waals surface area (Å²) < 4.78 is 17.2. The number of carbonyl (C=O) groups excluding carboxylic acids is 1. The summed E-state index contributed by atoms with van der Waals surface area (Å²) in [6, 6.07) is 29.8. The van der Waals surface area contributed by atoms with Gasteiger partial charge in [-0.05, 0) is 100 Å². The number of rotatable bonds is 8. The first kappa shape index (κ1) is 33.4. The standard InChI is InChI=1S/C26H29NO.C15H20O3/c1-4-25(21-11-7-5-8-12-21)26(22-13-9-6-10-14-22)23-15-17-24(18-16-23)28-20-19-27(2)3;1-9-5-4-8-15(3)13(18-15)12-11(7-6-9)10(2)14(16)17-12/h5-18H,4,19-20H2,1-3H3;5,11-13H,2,4,6-8H2,1,3H3/b26-25-;9-5+/t;11-,12-,13-,15+/m.0/s1. The maximum absolute atomic E-state index is 11.7. The summed E-state index contributed by atoms with van der Waals surface area (Å²) >= 11 is 0. The smallest absolute Gasteiger partial charge is 0.334 e. The van der Waals surface area contributed by atoms with E-state index in [1.165, 1.54) is 33.4 Å². The third-order valence-electron chi connectivity index (χ3n) is 9.36. The number of nitrogens with zero attached hydrogens (tertiary/aromatic N) is 1. The molecule has 0 spiro atoms. The quantitative estimate of drug-likeness (QED) is 0.0830. The minimum absolute atomic E-state index is 0.0671. The summed E-state index contributed by atoms with van der Waals surface area (Å²) in [4.78, 5) is 13.8. The zero-order valence-electron chi connectivity index (χ0n) is 28.1. The fourth-order valence-electron chi connectivity index (χ4n) is 6.55. The molecule has 0 aromatic heterocycles. The van der Waals surface area contributed by atoms with Crippen molar-refractivity contribution in [1.29, 1.82) is 0 Å². The van der Waals surface area contributed by atoms with Crippen LogP contribution in [0.4, 0.5) is 0 Å². The van der Waals surface area contributed by atoms with Crippen LogP contribution in [0.15, 0.2) is 109 Å².